The minimum Gasteiger partial charge on any atom is -0.340 e. The van der Waals surface area contributed by atoms with Crippen molar-refractivity contribution in [3.8, 4) is 0 Å². The molecule has 1 aliphatic heterocycles. The summed E-state index contributed by atoms with van der Waals surface area (Å²) in [5.41, 5.74) is -0.398. The predicted molar refractivity (Wildman–Crippen MR) is 89.6 cm³/mol. The number of piperazine rings is 1. The monoisotopic (exact) mass is 314 g/mol. The lowest BCUT2D eigenvalue weighted by atomic mass is 9.80. The molecule has 4 heteroatoms. The molecule has 1 atom stereocenters. The van der Waals surface area contributed by atoms with Crippen molar-refractivity contribution in [3.63, 3.8) is 0 Å². The van der Waals surface area contributed by atoms with Crippen LogP contribution in [0.4, 0.5) is 0 Å². The fraction of sp³-hybridized carbons (Fsp3) is 0.579. The van der Waals surface area contributed by atoms with Gasteiger partial charge in [-0.1, -0.05) is 44.2 Å². The van der Waals surface area contributed by atoms with Gasteiger partial charge in [-0.15, -0.1) is 0 Å². The number of hydrogen-bond acceptors (Lipinski definition) is 2. The smallest absolute Gasteiger partial charge is 0.249 e. The average molecular weight is 314 g/mol. The van der Waals surface area contributed by atoms with Crippen LogP contribution in [0, 0.1) is 5.92 Å². The Hall–Kier alpha value is -1.84. The van der Waals surface area contributed by atoms with Crippen LogP contribution in [0.5, 0.6) is 0 Å². The summed E-state index contributed by atoms with van der Waals surface area (Å²) >= 11 is 0. The van der Waals surface area contributed by atoms with E-state index >= 15 is 0 Å². The molecule has 0 radical (unpaired) electrons. The van der Waals surface area contributed by atoms with Gasteiger partial charge in [-0.05, 0) is 44.1 Å². The van der Waals surface area contributed by atoms with Gasteiger partial charge >= 0.3 is 0 Å². The van der Waals surface area contributed by atoms with Gasteiger partial charge in [-0.2, -0.15) is 0 Å². The Balaban J connectivity index is 2.01. The van der Waals surface area contributed by atoms with Gasteiger partial charge in [0.05, 0.1) is 0 Å². The molecule has 2 fully saturated rings. The molecule has 2 aliphatic rings. The third-order valence-electron chi connectivity index (χ3n) is 5.79. The van der Waals surface area contributed by atoms with Crippen molar-refractivity contribution >= 4 is 11.8 Å². The zero-order valence-electron chi connectivity index (χ0n) is 14.3. The maximum absolute atomic E-state index is 13.3. The lowest BCUT2D eigenvalue weighted by molar-refractivity contribution is -0.165. The van der Waals surface area contributed by atoms with Crippen LogP contribution in [0.2, 0.25) is 0 Å². The van der Waals surface area contributed by atoms with Gasteiger partial charge in [0.1, 0.15) is 11.1 Å². The minimum absolute atomic E-state index is 0.0132. The summed E-state index contributed by atoms with van der Waals surface area (Å²) in [5, 5.41) is 3.08. The average Bonchev–Trinajstić information content (AvgIpc) is 3.41. The normalized spacial score (nSPS) is 27.0. The Labute approximate surface area is 138 Å². The van der Waals surface area contributed by atoms with Gasteiger partial charge in [-0.3, -0.25) is 9.59 Å². The highest BCUT2D eigenvalue weighted by molar-refractivity contribution is 6.02. The Kier molecular flexibility index (Phi) is 3.95. The van der Waals surface area contributed by atoms with Crippen molar-refractivity contribution in [3.05, 3.63) is 35.9 Å². The van der Waals surface area contributed by atoms with Crippen LogP contribution in [0.25, 0.3) is 0 Å². The summed E-state index contributed by atoms with van der Waals surface area (Å²) < 4.78 is 0. The Morgan fingerprint density at radius 1 is 1.13 bits per heavy atom. The molecule has 1 aromatic rings. The molecular formula is C19H26N2O2. The fourth-order valence-electron chi connectivity index (χ4n) is 3.77. The number of hydrogen-bond donors (Lipinski definition) is 1. The number of carbonyl (C=O) groups excluding carboxylic acids is 2. The maximum Gasteiger partial charge on any atom is 0.249 e. The highest BCUT2D eigenvalue weighted by Gasteiger charge is 2.60. The molecule has 0 aromatic heterocycles. The van der Waals surface area contributed by atoms with Gasteiger partial charge in [0.15, 0.2) is 0 Å². The van der Waals surface area contributed by atoms with Crippen LogP contribution in [0.1, 0.15) is 52.0 Å². The summed E-state index contributed by atoms with van der Waals surface area (Å²) in [5.74, 6) is 0.362. The topological polar surface area (TPSA) is 49.4 Å². The number of carbonyl (C=O) groups is 2. The third kappa shape index (κ3) is 2.44. The van der Waals surface area contributed by atoms with Crippen molar-refractivity contribution in [2.75, 3.05) is 0 Å². The SMILES string of the molecule is CCC1(CC)NC(=O)C(C)(C2CC2)N(Cc2ccccc2)C1=O. The second-order valence-electron chi connectivity index (χ2n) is 7.04. The molecule has 124 valence electrons. The van der Waals surface area contributed by atoms with Gasteiger partial charge in [0, 0.05) is 6.54 Å². The molecule has 0 bridgehead atoms. The summed E-state index contributed by atoms with van der Waals surface area (Å²) in [4.78, 5) is 28.1. The van der Waals surface area contributed by atoms with Crippen LogP contribution in [0.3, 0.4) is 0 Å². The highest BCUT2D eigenvalue weighted by atomic mass is 16.2. The molecule has 1 saturated carbocycles. The molecule has 1 N–H and O–H groups in total. The summed E-state index contributed by atoms with van der Waals surface area (Å²) in [6.07, 6.45) is 3.29. The van der Waals surface area contributed by atoms with Crippen LogP contribution < -0.4 is 5.32 Å². The van der Waals surface area contributed by atoms with E-state index in [0.29, 0.717) is 19.4 Å². The van der Waals surface area contributed by atoms with Crippen LogP contribution in [0.15, 0.2) is 30.3 Å². The van der Waals surface area contributed by atoms with E-state index in [1.54, 1.807) is 0 Å². The third-order valence-corrected chi connectivity index (χ3v) is 5.79. The standard InChI is InChI=1S/C19H26N2O2/c1-4-19(5-2)17(23)21(13-14-9-7-6-8-10-14)18(3,15-11-12-15)16(22)20-19/h6-10,15H,4-5,11-13H2,1-3H3,(H,20,22). The summed E-state index contributed by atoms with van der Waals surface area (Å²) in [6.45, 7) is 6.39. The molecule has 1 heterocycles. The van der Waals surface area contributed by atoms with Gasteiger partial charge in [-0.25, -0.2) is 0 Å². The van der Waals surface area contributed by atoms with Crippen molar-refractivity contribution in [2.24, 2.45) is 5.92 Å². The fourth-order valence-corrected chi connectivity index (χ4v) is 3.77. The number of nitrogens with one attached hydrogen (secondary N) is 1. The molecule has 1 aliphatic carbocycles. The van der Waals surface area contributed by atoms with E-state index in [9.17, 15) is 9.59 Å². The second-order valence-corrected chi connectivity index (χ2v) is 7.04. The minimum atomic E-state index is -0.750. The van der Waals surface area contributed by atoms with Crippen molar-refractivity contribution in [1.29, 1.82) is 0 Å². The zero-order chi connectivity index (χ0) is 16.7. The predicted octanol–water partition coefficient (Wildman–Crippen LogP) is 2.87. The lowest BCUT2D eigenvalue weighted by Crippen LogP contribution is -2.75. The number of nitrogens with zero attached hydrogens (tertiary/aromatic N) is 1. The quantitative estimate of drug-likeness (QED) is 0.908. The van der Waals surface area contributed by atoms with Crippen LogP contribution >= 0.6 is 0 Å². The van der Waals surface area contributed by atoms with Crippen molar-refractivity contribution in [1.82, 2.24) is 10.2 Å². The molecule has 0 spiro atoms. The molecule has 4 nitrogen and oxygen atoms in total. The first-order valence-corrected chi connectivity index (χ1v) is 8.66. The first-order chi connectivity index (χ1) is 11.0. The molecule has 2 amide bonds. The van der Waals surface area contributed by atoms with Crippen LogP contribution in [-0.4, -0.2) is 27.8 Å². The van der Waals surface area contributed by atoms with E-state index in [0.717, 1.165) is 18.4 Å². The van der Waals surface area contributed by atoms with E-state index in [4.69, 9.17) is 0 Å². The zero-order valence-corrected chi connectivity index (χ0v) is 14.3. The molecule has 1 unspecified atom stereocenters. The van der Waals surface area contributed by atoms with Gasteiger partial charge < -0.3 is 10.2 Å². The van der Waals surface area contributed by atoms with Gasteiger partial charge in [0.25, 0.3) is 0 Å². The lowest BCUT2D eigenvalue weighted by Gasteiger charge is -2.51. The number of amides is 2. The molecule has 23 heavy (non-hydrogen) atoms. The number of rotatable bonds is 5. The Morgan fingerprint density at radius 3 is 2.26 bits per heavy atom. The Bertz CT molecular complexity index is 605. The van der Waals surface area contributed by atoms with E-state index in [-0.39, 0.29) is 17.7 Å². The van der Waals surface area contributed by atoms with Crippen LogP contribution in [-0.2, 0) is 16.1 Å². The summed E-state index contributed by atoms with van der Waals surface area (Å²) in [7, 11) is 0. The van der Waals surface area contributed by atoms with Crippen molar-refractivity contribution in [2.45, 2.75) is 64.1 Å². The Morgan fingerprint density at radius 2 is 1.74 bits per heavy atom. The molecule has 3 rings (SSSR count). The highest BCUT2D eigenvalue weighted by Crippen LogP contribution is 2.47. The van der Waals surface area contributed by atoms with Gasteiger partial charge in [0.2, 0.25) is 11.8 Å². The van der Waals surface area contributed by atoms with E-state index in [2.05, 4.69) is 5.32 Å². The maximum atomic E-state index is 13.3. The van der Waals surface area contributed by atoms with E-state index < -0.39 is 11.1 Å². The molecule has 1 saturated heterocycles. The first kappa shape index (κ1) is 16.0. The second kappa shape index (κ2) is 5.66. The van der Waals surface area contributed by atoms with E-state index in [1.807, 2.05) is 56.0 Å². The molecule has 1 aromatic carbocycles. The summed E-state index contributed by atoms with van der Waals surface area (Å²) in [6, 6.07) is 9.96. The first-order valence-electron chi connectivity index (χ1n) is 8.66. The van der Waals surface area contributed by atoms with E-state index in [1.165, 1.54) is 0 Å². The largest absolute Gasteiger partial charge is 0.340 e. The molecular weight excluding hydrogens is 288 g/mol. The van der Waals surface area contributed by atoms with Crippen molar-refractivity contribution < 1.29 is 9.59 Å². The number of benzene rings is 1.